The number of thioether (sulfide) groups is 1. The minimum absolute atomic E-state index is 0.141. The number of hydrogen-bond donors (Lipinski definition) is 2. The zero-order chi connectivity index (χ0) is 13.7. The number of thiocarbonyl (C=S) groups is 1. The van der Waals surface area contributed by atoms with Crippen molar-refractivity contribution in [3.8, 4) is 0 Å². The van der Waals surface area contributed by atoms with E-state index in [4.69, 9.17) is 12.2 Å². The van der Waals surface area contributed by atoms with Crippen LogP contribution in [0.15, 0.2) is 6.33 Å². The number of carbonyl (C=O) groups excluding carboxylic acids is 1. The molecule has 1 amide bonds. The first-order valence-corrected chi connectivity index (χ1v) is 7.30. The fourth-order valence-corrected chi connectivity index (χ4v) is 2.69. The summed E-state index contributed by atoms with van der Waals surface area (Å²) in [6, 6.07) is 0. The largest absolute Gasteiger partial charge is 0.355 e. The van der Waals surface area contributed by atoms with Crippen molar-refractivity contribution in [2.24, 2.45) is 0 Å². The van der Waals surface area contributed by atoms with Gasteiger partial charge in [0.2, 0.25) is 11.9 Å². The van der Waals surface area contributed by atoms with Crippen molar-refractivity contribution in [2.75, 3.05) is 44.3 Å². The number of piperazine rings is 1. The Bertz CT molecular complexity index is 429. The highest BCUT2D eigenvalue weighted by molar-refractivity contribution is 8.23. The predicted octanol–water partition coefficient (Wildman–Crippen LogP) is 0.00870. The maximum absolute atomic E-state index is 11.6. The van der Waals surface area contributed by atoms with E-state index >= 15 is 0 Å². The Labute approximate surface area is 121 Å². The maximum atomic E-state index is 11.6. The molecule has 0 spiro atoms. The Balaban J connectivity index is 1.70. The molecular formula is C10H16N6OS2. The summed E-state index contributed by atoms with van der Waals surface area (Å²) in [4.78, 5) is 19.9. The molecular weight excluding hydrogens is 284 g/mol. The molecule has 7 nitrogen and oxygen atoms in total. The van der Waals surface area contributed by atoms with Gasteiger partial charge in [-0.1, -0.05) is 24.0 Å². The smallest absolute Gasteiger partial charge is 0.237 e. The molecule has 1 saturated heterocycles. The van der Waals surface area contributed by atoms with E-state index in [0.29, 0.717) is 5.95 Å². The quantitative estimate of drug-likeness (QED) is 0.761. The molecule has 104 valence electrons. The van der Waals surface area contributed by atoms with Gasteiger partial charge in [-0.25, -0.2) is 5.10 Å². The number of rotatable bonds is 3. The number of aromatic nitrogens is 3. The van der Waals surface area contributed by atoms with Gasteiger partial charge >= 0.3 is 0 Å². The van der Waals surface area contributed by atoms with Crippen LogP contribution >= 0.6 is 24.0 Å². The van der Waals surface area contributed by atoms with E-state index in [0.717, 1.165) is 30.5 Å². The molecule has 0 atom stereocenters. The second kappa shape index (κ2) is 6.83. The summed E-state index contributed by atoms with van der Waals surface area (Å²) in [5.41, 5.74) is 0. The Morgan fingerprint density at radius 1 is 1.53 bits per heavy atom. The molecule has 0 radical (unpaired) electrons. The average Bonchev–Trinajstić information content (AvgIpc) is 2.89. The van der Waals surface area contributed by atoms with Crippen LogP contribution in [0.2, 0.25) is 0 Å². The number of aromatic amines is 1. The van der Waals surface area contributed by atoms with E-state index in [2.05, 4.69) is 37.3 Å². The first-order valence-electron chi connectivity index (χ1n) is 5.90. The molecule has 19 heavy (non-hydrogen) atoms. The molecule has 9 heteroatoms. The molecule has 0 aliphatic carbocycles. The predicted molar refractivity (Wildman–Crippen MR) is 79.1 cm³/mol. The summed E-state index contributed by atoms with van der Waals surface area (Å²) in [7, 11) is 2.10. The van der Waals surface area contributed by atoms with E-state index in [-0.39, 0.29) is 11.7 Å². The van der Waals surface area contributed by atoms with Gasteiger partial charge < -0.3 is 9.80 Å². The monoisotopic (exact) mass is 300 g/mol. The van der Waals surface area contributed by atoms with Gasteiger partial charge in [0, 0.05) is 26.2 Å². The van der Waals surface area contributed by atoms with E-state index in [1.54, 1.807) is 0 Å². The van der Waals surface area contributed by atoms with Gasteiger partial charge in [-0.3, -0.25) is 10.1 Å². The molecule has 1 aliphatic rings. The summed E-state index contributed by atoms with van der Waals surface area (Å²) in [6.45, 7) is 3.86. The van der Waals surface area contributed by atoms with Crippen LogP contribution in [0.1, 0.15) is 0 Å². The lowest BCUT2D eigenvalue weighted by Gasteiger charge is -2.33. The third-order valence-corrected chi connectivity index (χ3v) is 4.28. The average molecular weight is 300 g/mol. The number of nitrogens with zero attached hydrogens (tertiary/aromatic N) is 4. The van der Waals surface area contributed by atoms with Crippen molar-refractivity contribution in [3.63, 3.8) is 0 Å². The SMILES string of the molecule is CN1CCN(C(=S)SCC(=O)Nc2ncn[nH]2)CC1. The van der Waals surface area contributed by atoms with Crippen molar-refractivity contribution in [2.45, 2.75) is 0 Å². The van der Waals surface area contributed by atoms with Gasteiger partial charge in [0.05, 0.1) is 5.75 Å². The van der Waals surface area contributed by atoms with Crippen LogP contribution in [0, 0.1) is 0 Å². The number of carbonyl (C=O) groups is 1. The lowest BCUT2D eigenvalue weighted by molar-refractivity contribution is -0.113. The topological polar surface area (TPSA) is 77.2 Å². The second-order valence-corrected chi connectivity index (χ2v) is 5.84. The van der Waals surface area contributed by atoms with Crippen LogP contribution in [-0.2, 0) is 4.79 Å². The van der Waals surface area contributed by atoms with E-state index in [9.17, 15) is 4.79 Å². The highest BCUT2D eigenvalue weighted by atomic mass is 32.2. The number of hydrogen-bond acceptors (Lipinski definition) is 6. The minimum Gasteiger partial charge on any atom is -0.355 e. The highest BCUT2D eigenvalue weighted by Gasteiger charge is 2.17. The molecule has 0 saturated carbocycles. The number of H-pyrrole nitrogens is 1. The third-order valence-electron chi connectivity index (χ3n) is 2.76. The van der Waals surface area contributed by atoms with Gasteiger partial charge in [-0.05, 0) is 7.05 Å². The summed E-state index contributed by atoms with van der Waals surface area (Å²) in [5.74, 6) is 0.501. The van der Waals surface area contributed by atoms with Gasteiger partial charge in [0.15, 0.2) is 0 Å². The number of amides is 1. The second-order valence-electron chi connectivity index (χ2n) is 4.23. The minimum atomic E-state index is -0.141. The van der Waals surface area contributed by atoms with Crippen molar-refractivity contribution >= 4 is 40.2 Å². The van der Waals surface area contributed by atoms with Gasteiger partial charge in [0.25, 0.3) is 0 Å². The van der Waals surface area contributed by atoms with Crippen LogP contribution < -0.4 is 5.32 Å². The zero-order valence-corrected chi connectivity index (χ0v) is 12.3. The molecule has 0 unspecified atom stereocenters. The molecule has 1 aromatic heterocycles. The molecule has 2 rings (SSSR count). The van der Waals surface area contributed by atoms with Crippen LogP contribution in [0.25, 0.3) is 0 Å². The lowest BCUT2D eigenvalue weighted by Crippen LogP contribution is -2.46. The molecule has 2 N–H and O–H groups in total. The summed E-state index contributed by atoms with van der Waals surface area (Å²) >= 11 is 6.71. The summed E-state index contributed by atoms with van der Waals surface area (Å²) in [6.07, 6.45) is 1.34. The van der Waals surface area contributed by atoms with E-state index in [1.165, 1.54) is 18.1 Å². The number of nitrogens with one attached hydrogen (secondary N) is 2. The fourth-order valence-electron chi connectivity index (χ4n) is 1.64. The standard InChI is InChI=1S/C10H16N6OS2/c1-15-2-4-16(5-3-15)10(18)19-6-8(17)13-9-11-7-12-14-9/h7H,2-6H2,1H3,(H2,11,12,13,14,17). The van der Waals surface area contributed by atoms with Crippen molar-refractivity contribution < 1.29 is 4.79 Å². The van der Waals surface area contributed by atoms with Crippen molar-refractivity contribution in [1.29, 1.82) is 0 Å². The normalized spacial score (nSPS) is 16.4. The zero-order valence-electron chi connectivity index (χ0n) is 10.6. The Morgan fingerprint density at radius 3 is 2.89 bits per heavy atom. The van der Waals surface area contributed by atoms with Crippen LogP contribution in [0.3, 0.4) is 0 Å². The Morgan fingerprint density at radius 2 is 2.26 bits per heavy atom. The number of likely N-dealkylation sites (N-methyl/N-ethyl adjacent to an activating group) is 1. The molecule has 1 fully saturated rings. The maximum Gasteiger partial charge on any atom is 0.237 e. The van der Waals surface area contributed by atoms with Crippen LogP contribution in [0.4, 0.5) is 5.95 Å². The molecule has 0 bridgehead atoms. The molecule has 1 aromatic rings. The third kappa shape index (κ3) is 4.44. The Hall–Kier alpha value is -1.19. The van der Waals surface area contributed by atoms with Crippen LogP contribution in [-0.4, -0.2) is 74.2 Å². The molecule has 0 aromatic carbocycles. The van der Waals surface area contributed by atoms with Gasteiger partial charge in [0.1, 0.15) is 10.6 Å². The molecule has 1 aliphatic heterocycles. The summed E-state index contributed by atoms with van der Waals surface area (Å²) < 4.78 is 0.779. The number of anilines is 1. The lowest BCUT2D eigenvalue weighted by atomic mass is 10.4. The van der Waals surface area contributed by atoms with E-state index in [1.807, 2.05) is 0 Å². The van der Waals surface area contributed by atoms with Crippen molar-refractivity contribution in [1.82, 2.24) is 25.0 Å². The fraction of sp³-hybridized carbons (Fsp3) is 0.600. The van der Waals surface area contributed by atoms with E-state index < -0.39 is 0 Å². The van der Waals surface area contributed by atoms with Crippen LogP contribution in [0.5, 0.6) is 0 Å². The van der Waals surface area contributed by atoms with Gasteiger partial charge in [-0.2, -0.15) is 10.1 Å². The first-order chi connectivity index (χ1) is 9.15. The first kappa shape index (κ1) is 14.2. The van der Waals surface area contributed by atoms with Crippen molar-refractivity contribution in [3.05, 3.63) is 6.33 Å². The highest BCUT2D eigenvalue weighted by Crippen LogP contribution is 2.12. The van der Waals surface area contributed by atoms with Gasteiger partial charge in [-0.15, -0.1) is 0 Å². The molecule has 2 heterocycles. The summed E-state index contributed by atoms with van der Waals surface area (Å²) in [5, 5.41) is 8.84. The Kier molecular flexibility index (Phi) is 5.11.